The molecule has 3 fully saturated rings. The molecule has 1 aromatic carbocycles. The van der Waals surface area contributed by atoms with E-state index in [1.165, 1.54) is 0 Å². The van der Waals surface area contributed by atoms with Gasteiger partial charge in [0.25, 0.3) is 5.92 Å². The quantitative estimate of drug-likeness (QED) is 0.239. The Balaban J connectivity index is 1.48. The number of aromatic nitrogens is 2. The molecule has 37 heavy (non-hydrogen) atoms. The summed E-state index contributed by atoms with van der Waals surface area (Å²) in [6.07, 6.45) is 0.627. The number of carbonyl (C=O) groups excluding carboxylic acids is 1. The Hall–Kier alpha value is -2.08. The van der Waals surface area contributed by atoms with Crippen LogP contribution in [0.25, 0.3) is 10.9 Å². The van der Waals surface area contributed by atoms with Crippen molar-refractivity contribution in [2.24, 2.45) is 5.41 Å². The van der Waals surface area contributed by atoms with Crippen LogP contribution in [0, 0.1) is 17.0 Å². The fraction of sp³-hybridized carbons (Fsp3) is 0.625. The highest BCUT2D eigenvalue weighted by molar-refractivity contribution is 9.10. The second-order valence-electron chi connectivity index (χ2n) is 11.0. The van der Waals surface area contributed by atoms with Gasteiger partial charge in [-0.25, -0.2) is 22.4 Å². The van der Waals surface area contributed by atoms with Crippen LogP contribution in [0.4, 0.5) is 28.2 Å². The molecule has 13 heteroatoms. The zero-order chi connectivity index (χ0) is 26.9. The molecule has 1 unspecified atom stereocenters. The summed E-state index contributed by atoms with van der Waals surface area (Å²) in [6.45, 7) is 5.62. The number of alkyl halides is 3. The second kappa shape index (κ2) is 9.00. The van der Waals surface area contributed by atoms with Crippen molar-refractivity contribution in [1.29, 1.82) is 0 Å². The summed E-state index contributed by atoms with van der Waals surface area (Å²) in [5.41, 5.74) is -2.39. The standard InChI is InChI=1S/C24H26BrClF4N4O3/c1-22(2,3)37-21(35)34-12-4-5-13(34)8-33(7-12)19-14-6-15(27)16(25)17(28)18(14)31-20(32-19)36-11-23(10-26)9-24(23,29)30/h6,12-13H,4-5,7-11H2,1-3H3/t12-,13+,23?. The molecule has 0 spiro atoms. The molecule has 2 aliphatic heterocycles. The van der Waals surface area contributed by atoms with Crippen molar-refractivity contribution >= 4 is 50.3 Å². The predicted octanol–water partition coefficient (Wildman–Crippen LogP) is 5.90. The van der Waals surface area contributed by atoms with Gasteiger partial charge in [0.1, 0.15) is 29.4 Å². The first kappa shape index (κ1) is 26.5. The highest BCUT2D eigenvalue weighted by Crippen LogP contribution is 2.61. The first-order valence-corrected chi connectivity index (χ1v) is 13.3. The Bertz CT molecular complexity index is 1250. The summed E-state index contributed by atoms with van der Waals surface area (Å²) >= 11 is 8.67. The van der Waals surface area contributed by atoms with E-state index in [0.717, 1.165) is 18.9 Å². The van der Waals surface area contributed by atoms with E-state index < -0.39 is 52.2 Å². The van der Waals surface area contributed by atoms with Crippen molar-refractivity contribution in [1.82, 2.24) is 14.9 Å². The molecule has 3 heterocycles. The minimum Gasteiger partial charge on any atom is -0.463 e. The Morgan fingerprint density at radius 2 is 1.84 bits per heavy atom. The lowest BCUT2D eigenvalue weighted by atomic mass is 10.1. The SMILES string of the molecule is CC(C)(C)OC(=O)N1[C@@H]2CC[C@H]1CN(c1nc(OCC3(CCl)CC3(F)F)nc3c(F)c(Br)c(F)cc13)C2. The summed E-state index contributed by atoms with van der Waals surface area (Å²) in [6, 6.07) is 0.420. The molecule has 1 aliphatic carbocycles. The van der Waals surface area contributed by atoms with Crippen LogP contribution in [0.2, 0.25) is 0 Å². The van der Waals surface area contributed by atoms with Crippen LogP contribution in [-0.2, 0) is 4.74 Å². The average Bonchev–Trinajstić information content (AvgIpc) is 3.27. The number of hydrogen-bond donors (Lipinski definition) is 0. The normalized spacial score (nSPS) is 26.5. The molecule has 1 amide bonds. The third kappa shape index (κ3) is 4.68. The zero-order valence-corrected chi connectivity index (χ0v) is 22.8. The molecule has 0 radical (unpaired) electrons. The average molecular weight is 610 g/mol. The van der Waals surface area contributed by atoms with Crippen molar-refractivity contribution in [3.8, 4) is 6.01 Å². The molecule has 1 saturated carbocycles. The maximum Gasteiger partial charge on any atom is 0.410 e. The van der Waals surface area contributed by atoms with Gasteiger partial charge in [0.15, 0.2) is 5.82 Å². The number of fused-ring (bicyclic) bond motifs is 3. The van der Waals surface area contributed by atoms with E-state index in [1.807, 2.05) is 4.90 Å². The van der Waals surface area contributed by atoms with E-state index in [4.69, 9.17) is 21.1 Å². The van der Waals surface area contributed by atoms with Gasteiger partial charge in [-0.3, -0.25) is 4.90 Å². The van der Waals surface area contributed by atoms with Gasteiger partial charge < -0.3 is 14.4 Å². The number of carbonyl (C=O) groups is 1. The van der Waals surface area contributed by atoms with Crippen molar-refractivity contribution < 1.29 is 31.8 Å². The lowest BCUT2D eigenvalue weighted by Gasteiger charge is -2.42. The molecule has 1 aromatic heterocycles. The molecule has 3 aliphatic rings. The smallest absolute Gasteiger partial charge is 0.410 e. The fourth-order valence-corrected chi connectivity index (χ4v) is 5.72. The monoisotopic (exact) mass is 608 g/mol. The molecule has 2 bridgehead atoms. The molecule has 2 saturated heterocycles. The molecule has 7 nitrogen and oxygen atoms in total. The summed E-state index contributed by atoms with van der Waals surface area (Å²) in [5, 5.41) is 0.111. The van der Waals surface area contributed by atoms with Crippen molar-refractivity contribution in [2.75, 3.05) is 30.5 Å². The summed E-state index contributed by atoms with van der Waals surface area (Å²) in [5.74, 6) is -4.88. The van der Waals surface area contributed by atoms with Crippen LogP contribution in [0.1, 0.15) is 40.0 Å². The molecular weight excluding hydrogens is 584 g/mol. The van der Waals surface area contributed by atoms with Gasteiger partial charge in [0.05, 0.1) is 22.0 Å². The van der Waals surface area contributed by atoms with Crippen molar-refractivity contribution in [3.05, 3.63) is 22.2 Å². The lowest BCUT2D eigenvalue weighted by molar-refractivity contribution is 0.0122. The summed E-state index contributed by atoms with van der Waals surface area (Å²) < 4.78 is 68.1. The second-order valence-corrected chi connectivity index (χ2v) is 12.0. The van der Waals surface area contributed by atoms with Crippen LogP contribution >= 0.6 is 27.5 Å². The number of rotatable bonds is 5. The maximum atomic E-state index is 15.1. The van der Waals surface area contributed by atoms with Crippen LogP contribution < -0.4 is 9.64 Å². The summed E-state index contributed by atoms with van der Waals surface area (Å²) in [7, 11) is 0. The Kier molecular flexibility index (Phi) is 6.45. The molecule has 202 valence electrons. The number of nitrogens with zero attached hydrogens (tertiary/aromatic N) is 4. The van der Waals surface area contributed by atoms with Crippen LogP contribution in [0.5, 0.6) is 6.01 Å². The van der Waals surface area contributed by atoms with Crippen molar-refractivity contribution in [2.45, 2.75) is 63.6 Å². The van der Waals surface area contributed by atoms with E-state index in [-0.39, 0.29) is 40.7 Å². The first-order chi connectivity index (χ1) is 17.2. The van der Waals surface area contributed by atoms with Gasteiger partial charge in [0.2, 0.25) is 0 Å². The van der Waals surface area contributed by atoms with Gasteiger partial charge >= 0.3 is 12.1 Å². The number of hydrogen-bond acceptors (Lipinski definition) is 6. The molecular formula is C24H26BrClF4N4O3. The van der Waals surface area contributed by atoms with Crippen LogP contribution in [0.3, 0.4) is 0 Å². The largest absolute Gasteiger partial charge is 0.463 e. The van der Waals surface area contributed by atoms with E-state index in [1.54, 1.807) is 25.7 Å². The Labute approximate surface area is 224 Å². The van der Waals surface area contributed by atoms with Gasteiger partial charge in [-0.15, -0.1) is 11.6 Å². The van der Waals surface area contributed by atoms with Gasteiger partial charge in [0, 0.05) is 30.8 Å². The minimum atomic E-state index is -2.97. The Morgan fingerprint density at radius 1 is 1.22 bits per heavy atom. The number of ether oxygens (including phenoxy) is 2. The molecule has 3 atom stereocenters. The number of halogens is 6. The topological polar surface area (TPSA) is 67.8 Å². The van der Waals surface area contributed by atoms with Crippen LogP contribution in [0.15, 0.2) is 10.5 Å². The molecule has 5 rings (SSSR count). The third-order valence-electron chi connectivity index (χ3n) is 7.12. The third-order valence-corrected chi connectivity index (χ3v) is 8.36. The van der Waals surface area contributed by atoms with Gasteiger partial charge in [-0.2, -0.15) is 9.97 Å². The number of piperazine rings is 1. The first-order valence-electron chi connectivity index (χ1n) is 11.9. The van der Waals surface area contributed by atoms with Gasteiger partial charge in [-0.1, -0.05) is 0 Å². The fourth-order valence-electron chi connectivity index (χ4n) is 5.05. The van der Waals surface area contributed by atoms with Crippen LogP contribution in [-0.4, -0.2) is 70.1 Å². The molecule has 0 N–H and O–H groups in total. The van der Waals surface area contributed by atoms with E-state index in [9.17, 15) is 18.0 Å². The zero-order valence-electron chi connectivity index (χ0n) is 20.5. The minimum absolute atomic E-state index is 0.111. The predicted molar refractivity (Wildman–Crippen MR) is 132 cm³/mol. The number of benzene rings is 1. The Morgan fingerprint density at radius 3 is 2.38 bits per heavy atom. The molecule has 2 aromatic rings. The number of anilines is 1. The highest BCUT2D eigenvalue weighted by Gasteiger charge is 2.71. The van der Waals surface area contributed by atoms with E-state index in [0.29, 0.717) is 13.1 Å². The lowest BCUT2D eigenvalue weighted by Crippen LogP contribution is -2.57. The van der Waals surface area contributed by atoms with E-state index >= 15 is 4.39 Å². The van der Waals surface area contributed by atoms with Crippen molar-refractivity contribution in [3.63, 3.8) is 0 Å². The highest BCUT2D eigenvalue weighted by atomic mass is 79.9. The summed E-state index contributed by atoms with van der Waals surface area (Å²) in [4.78, 5) is 24.9. The van der Waals surface area contributed by atoms with Gasteiger partial charge in [-0.05, 0) is 55.6 Å². The van der Waals surface area contributed by atoms with E-state index in [2.05, 4.69) is 25.9 Å². The maximum absolute atomic E-state index is 15.1. The number of amides is 1.